The molecule has 0 atom stereocenters. The topological polar surface area (TPSA) is 51.2 Å². The zero-order valence-corrected chi connectivity index (χ0v) is 9.38. The molecule has 1 aromatic heterocycles. The molecule has 0 unspecified atom stereocenters. The first kappa shape index (κ1) is 11.1. The predicted molar refractivity (Wildman–Crippen MR) is 65.1 cm³/mol. The molecule has 0 saturated carbocycles. The van der Waals surface area contributed by atoms with Crippen LogP contribution in [0.15, 0.2) is 48.7 Å². The average molecular weight is 228 g/mol. The minimum Gasteiger partial charge on any atom is -0.342 e. The van der Waals surface area contributed by atoms with Crippen LogP contribution in [-0.2, 0) is 9.63 Å². The highest BCUT2D eigenvalue weighted by Gasteiger charge is 1.99. The summed E-state index contributed by atoms with van der Waals surface area (Å²) < 4.78 is 0. The van der Waals surface area contributed by atoms with E-state index in [1.165, 1.54) is 6.92 Å². The van der Waals surface area contributed by atoms with E-state index in [0.29, 0.717) is 5.82 Å². The quantitative estimate of drug-likeness (QED) is 0.820. The fraction of sp³-hybridized carbons (Fsp3) is 0.0769. The van der Waals surface area contributed by atoms with Gasteiger partial charge in [-0.15, -0.1) is 0 Å². The zero-order chi connectivity index (χ0) is 12.1. The summed E-state index contributed by atoms with van der Waals surface area (Å²) in [7, 11) is 0. The van der Waals surface area contributed by atoms with Crippen LogP contribution in [0.1, 0.15) is 6.92 Å². The van der Waals surface area contributed by atoms with Crippen LogP contribution >= 0.6 is 0 Å². The van der Waals surface area contributed by atoms with Gasteiger partial charge < -0.3 is 4.84 Å². The summed E-state index contributed by atoms with van der Waals surface area (Å²) >= 11 is 0. The normalized spacial score (nSPS) is 9.71. The minimum atomic E-state index is -0.404. The summed E-state index contributed by atoms with van der Waals surface area (Å²) in [6, 6.07) is 13.6. The van der Waals surface area contributed by atoms with E-state index in [-0.39, 0.29) is 0 Å². The van der Waals surface area contributed by atoms with Crippen LogP contribution in [-0.4, -0.2) is 11.0 Å². The van der Waals surface area contributed by atoms with Gasteiger partial charge in [-0.1, -0.05) is 30.3 Å². The fourth-order valence-corrected chi connectivity index (χ4v) is 1.38. The molecule has 0 aliphatic heterocycles. The lowest BCUT2D eigenvalue weighted by Crippen LogP contribution is -2.07. The highest BCUT2D eigenvalue weighted by Crippen LogP contribution is 2.18. The van der Waals surface area contributed by atoms with Crippen LogP contribution in [0.4, 0.5) is 5.82 Å². The van der Waals surface area contributed by atoms with Gasteiger partial charge in [-0.25, -0.2) is 10.5 Å². The van der Waals surface area contributed by atoms with Gasteiger partial charge in [0.05, 0.1) is 0 Å². The Morgan fingerprint density at radius 3 is 2.47 bits per heavy atom. The van der Waals surface area contributed by atoms with E-state index < -0.39 is 5.97 Å². The van der Waals surface area contributed by atoms with Crippen LogP contribution in [0, 0.1) is 0 Å². The molecule has 1 heterocycles. The molecule has 1 aromatic carbocycles. The van der Waals surface area contributed by atoms with Crippen LogP contribution < -0.4 is 5.48 Å². The fourth-order valence-electron chi connectivity index (χ4n) is 1.38. The second kappa shape index (κ2) is 5.12. The van der Waals surface area contributed by atoms with E-state index in [9.17, 15) is 4.79 Å². The summed E-state index contributed by atoms with van der Waals surface area (Å²) in [5, 5.41) is 0. The Labute approximate surface area is 99.2 Å². The molecule has 0 aliphatic rings. The summed E-state index contributed by atoms with van der Waals surface area (Å²) in [4.78, 5) is 19.4. The number of anilines is 1. The van der Waals surface area contributed by atoms with Gasteiger partial charge >= 0.3 is 5.97 Å². The molecule has 2 aromatic rings. The van der Waals surface area contributed by atoms with Crippen LogP contribution in [0.3, 0.4) is 0 Å². The largest absolute Gasteiger partial charge is 0.342 e. The van der Waals surface area contributed by atoms with Crippen LogP contribution in [0.5, 0.6) is 0 Å². The first-order chi connectivity index (χ1) is 8.25. The second-order valence-corrected chi connectivity index (χ2v) is 3.49. The Morgan fingerprint density at radius 1 is 1.12 bits per heavy atom. The van der Waals surface area contributed by atoms with Crippen molar-refractivity contribution in [3.05, 3.63) is 48.7 Å². The van der Waals surface area contributed by atoms with Gasteiger partial charge in [0.15, 0.2) is 5.82 Å². The number of nitrogens with zero attached hydrogens (tertiary/aromatic N) is 1. The van der Waals surface area contributed by atoms with Crippen molar-refractivity contribution in [3.63, 3.8) is 0 Å². The molecule has 0 aliphatic carbocycles. The number of hydrogen-bond donors (Lipinski definition) is 1. The first-order valence-corrected chi connectivity index (χ1v) is 5.20. The molecule has 2 rings (SSSR count). The third-order valence-corrected chi connectivity index (χ3v) is 2.17. The third-order valence-electron chi connectivity index (χ3n) is 2.17. The molecule has 0 bridgehead atoms. The zero-order valence-electron chi connectivity index (χ0n) is 9.38. The molecule has 0 spiro atoms. The Hall–Kier alpha value is -2.36. The number of carbonyl (C=O) groups excluding carboxylic acids is 1. The van der Waals surface area contributed by atoms with Gasteiger partial charge in [-0.3, -0.25) is 4.79 Å². The second-order valence-electron chi connectivity index (χ2n) is 3.49. The van der Waals surface area contributed by atoms with Gasteiger partial charge in [-0.05, 0) is 17.7 Å². The molecule has 17 heavy (non-hydrogen) atoms. The molecule has 0 radical (unpaired) electrons. The lowest BCUT2D eigenvalue weighted by atomic mass is 10.1. The number of pyridine rings is 1. The Morgan fingerprint density at radius 2 is 1.88 bits per heavy atom. The lowest BCUT2D eigenvalue weighted by Gasteiger charge is -2.05. The molecule has 1 N–H and O–H groups in total. The van der Waals surface area contributed by atoms with E-state index >= 15 is 0 Å². The minimum absolute atomic E-state index is 0.404. The van der Waals surface area contributed by atoms with Gasteiger partial charge in [0.25, 0.3) is 0 Å². The summed E-state index contributed by atoms with van der Waals surface area (Å²) in [6.07, 6.45) is 1.72. The van der Waals surface area contributed by atoms with Crippen molar-refractivity contribution >= 4 is 11.8 Å². The van der Waals surface area contributed by atoms with Gasteiger partial charge in [0, 0.05) is 18.7 Å². The van der Waals surface area contributed by atoms with Crippen molar-refractivity contribution in [2.45, 2.75) is 6.92 Å². The Bertz CT molecular complexity index is 495. The third kappa shape index (κ3) is 3.04. The van der Waals surface area contributed by atoms with Crippen molar-refractivity contribution < 1.29 is 9.63 Å². The molecule has 0 fully saturated rings. The highest BCUT2D eigenvalue weighted by molar-refractivity contribution is 5.67. The van der Waals surface area contributed by atoms with Crippen LogP contribution in [0.2, 0.25) is 0 Å². The Kier molecular flexibility index (Phi) is 3.35. The van der Waals surface area contributed by atoms with E-state index in [2.05, 4.69) is 15.3 Å². The van der Waals surface area contributed by atoms with Gasteiger partial charge in [0.1, 0.15) is 0 Å². The maximum atomic E-state index is 10.6. The number of nitrogens with one attached hydrogen (secondary N) is 1. The first-order valence-electron chi connectivity index (χ1n) is 5.20. The molecule has 86 valence electrons. The smallest absolute Gasteiger partial charge is 0.329 e. The van der Waals surface area contributed by atoms with Crippen LogP contribution in [0.25, 0.3) is 11.1 Å². The Balaban J connectivity index is 2.11. The maximum Gasteiger partial charge on any atom is 0.329 e. The number of hydrogen-bond acceptors (Lipinski definition) is 4. The molecule has 0 saturated heterocycles. The standard InChI is InChI=1S/C13H12N2O2/c1-10(16)17-15-13-8-7-12(9-14-13)11-5-3-2-4-6-11/h2-9H,1H3,(H,14,15). The number of rotatable bonds is 3. The number of benzene rings is 1. The van der Waals surface area contributed by atoms with Crippen molar-refractivity contribution in [1.29, 1.82) is 0 Å². The molecule has 4 heteroatoms. The molecule has 0 amide bonds. The molecular weight excluding hydrogens is 216 g/mol. The van der Waals surface area contributed by atoms with E-state index in [1.54, 1.807) is 12.3 Å². The summed E-state index contributed by atoms with van der Waals surface area (Å²) in [5.74, 6) is 0.0961. The van der Waals surface area contributed by atoms with Crippen molar-refractivity contribution in [3.8, 4) is 11.1 Å². The molecule has 4 nitrogen and oxygen atoms in total. The van der Waals surface area contributed by atoms with E-state index in [4.69, 9.17) is 0 Å². The van der Waals surface area contributed by atoms with Crippen molar-refractivity contribution in [2.24, 2.45) is 0 Å². The van der Waals surface area contributed by atoms with E-state index in [0.717, 1.165) is 11.1 Å². The predicted octanol–water partition coefficient (Wildman–Crippen LogP) is 2.64. The SMILES string of the molecule is CC(=O)ONc1ccc(-c2ccccc2)cn1. The summed E-state index contributed by atoms with van der Waals surface area (Å²) in [5.41, 5.74) is 4.57. The monoisotopic (exact) mass is 228 g/mol. The maximum absolute atomic E-state index is 10.6. The van der Waals surface area contributed by atoms with Gasteiger partial charge in [0.2, 0.25) is 0 Å². The van der Waals surface area contributed by atoms with Gasteiger partial charge in [-0.2, -0.15) is 0 Å². The average Bonchev–Trinajstić information content (AvgIpc) is 2.38. The highest BCUT2D eigenvalue weighted by atomic mass is 16.7. The van der Waals surface area contributed by atoms with Crippen molar-refractivity contribution in [1.82, 2.24) is 4.98 Å². The lowest BCUT2D eigenvalue weighted by molar-refractivity contribution is -0.138. The molecular formula is C13H12N2O2. The summed E-state index contributed by atoms with van der Waals surface area (Å²) in [6.45, 7) is 1.32. The number of carbonyl (C=O) groups is 1. The van der Waals surface area contributed by atoms with Crippen molar-refractivity contribution in [2.75, 3.05) is 5.48 Å². The number of aromatic nitrogens is 1. The van der Waals surface area contributed by atoms with E-state index in [1.807, 2.05) is 36.4 Å².